The standard InChI is InChI=1S/C13H17N3OS2/c1-9(17)10-7-18-11(14-10)15-12-16-13(8-19-12)5-3-2-4-6-13/h7H,2-6,8H2,1H3,(H,14,15,16). The van der Waals surface area contributed by atoms with Gasteiger partial charge in [-0.15, -0.1) is 11.3 Å². The highest BCUT2D eigenvalue weighted by Crippen LogP contribution is 2.40. The van der Waals surface area contributed by atoms with Crippen molar-refractivity contribution in [1.82, 2.24) is 4.98 Å². The Morgan fingerprint density at radius 3 is 2.84 bits per heavy atom. The van der Waals surface area contributed by atoms with E-state index in [0.717, 1.165) is 16.1 Å². The number of nitrogens with zero attached hydrogens (tertiary/aromatic N) is 2. The summed E-state index contributed by atoms with van der Waals surface area (Å²) in [5.74, 6) is 1.09. The van der Waals surface area contributed by atoms with Gasteiger partial charge in [0.05, 0.1) is 5.54 Å². The van der Waals surface area contributed by atoms with Crippen molar-refractivity contribution in [3.8, 4) is 0 Å². The van der Waals surface area contributed by atoms with E-state index in [1.807, 2.05) is 0 Å². The number of anilines is 1. The molecule has 2 heterocycles. The smallest absolute Gasteiger partial charge is 0.189 e. The summed E-state index contributed by atoms with van der Waals surface area (Å²) >= 11 is 3.24. The number of carbonyl (C=O) groups excluding carboxylic acids is 1. The molecule has 1 aromatic rings. The molecule has 1 aliphatic carbocycles. The maximum atomic E-state index is 11.2. The molecule has 0 saturated heterocycles. The molecule has 0 bridgehead atoms. The fraction of sp³-hybridized carbons (Fsp3) is 0.615. The molecule has 3 rings (SSSR count). The second-order valence-electron chi connectivity index (χ2n) is 5.21. The Morgan fingerprint density at radius 1 is 1.37 bits per heavy atom. The van der Waals surface area contributed by atoms with Crippen molar-refractivity contribution in [2.75, 3.05) is 11.1 Å². The summed E-state index contributed by atoms with van der Waals surface area (Å²) in [6.45, 7) is 1.54. The molecule has 102 valence electrons. The van der Waals surface area contributed by atoms with Crippen LogP contribution >= 0.6 is 23.1 Å². The molecule has 0 aromatic carbocycles. The lowest BCUT2D eigenvalue weighted by Crippen LogP contribution is -2.29. The maximum absolute atomic E-state index is 11.2. The van der Waals surface area contributed by atoms with Crippen LogP contribution in [0.4, 0.5) is 5.13 Å². The largest absolute Gasteiger partial charge is 0.311 e. The minimum Gasteiger partial charge on any atom is -0.311 e. The lowest BCUT2D eigenvalue weighted by Gasteiger charge is -2.29. The average molecular weight is 295 g/mol. The zero-order valence-electron chi connectivity index (χ0n) is 10.9. The number of nitrogens with one attached hydrogen (secondary N) is 1. The highest BCUT2D eigenvalue weighted by Gasteiger charge is 2.36. The fourth-order valence-electron chi connectivity index (χ4n) is 2.60. The van der Waals surface area contributed by atoms with E-state index in [1.165, 1.54) is 50.4 Å². The minimum absolute atomic E-state index is 0.00839. The number of aliphatic imine (C=N–C) groups is 1. The maximum Gasteiger partial charge on any atom is 0.189 e. The van der Waals surface area contributed by atoms with Crippen molar-refractivity contribution < 1.29 is 4.79 Å². The summed E-state index contributed by atoms with van der Waals surface area (Å²) in [5.41, 5.74) is 0.704. The SMILES string of the molecule is CC(=O)c1csc(NC2=NC3(CCCCC3)CS2)n1. The number of thioether (sulfide) groups is 1. The van der Waals surface area contributed by atoms with E-state index in [1.54, 1.807) is 17.1 Å². The molecule has 0 radical (unpaired) electrons. The van der Waals surface area contributed by atoms with Crippen LogP contribution in [0.5, 0.6) is 0 Å². The molecular weight excluding hydrogens is 278 g/mol. The van der Waals surface area contributed by atoms with Crippen LogP contribution in [-0.2, 0) is 0 Å². The molecular formula is C13H17N3OS2. The van der Waals surface area contributed by atoms with Crippen LogP contribution in [-0.4, -0.2) is 27.2 Å². The Labute approximate surface area is 121 Å². The van der Waals surface area contributed by atoms with Gasteiger partial charge < -0.3 is 5.32 Å². The van der Waals surface area contributed by atoms with Gasteiger partial charge in [-0.05, 0) is 12.8 Å². The summed E-state index contributed by atoms with van der Waals surface area (Å²) in [6, 6.07) is 0. The van der Waals surface area contributed by atoms with Crippen LogP contribution in [0.15, 0.2) is 10.4 Å². The number of carbonyl (C=O) groups is 1. The van der Waals surface area contributed by atoms with Crippen LogP contribution in [0.3, 0.4) is 0 Å². The molecule has 2 aliphatic rings. The summed E-state index contributed by atoms with van der Waals surface area (Å²) in [4.78, 5) is 20.4. The normalized spacial score (nSPS) is 21.4. The molecule has 1 aromatic heterocycles. The number of aromatic nitrogens is 1. The van der Waals surface area contributed by atoms with Crippen LogP contribution in [0.2, 0.25) is 0 Å². The topological polar surface area (TPSA) is 54.4 Å². The molecule has 4 nitrogen and oxygen atoms in total. The van der Waals surface area contributed by atoms with Crippen LogP contribution < -0.4 is 5.32 Å². The van der Waals surface area contributed by atoms with Crippen molar-refractivity contribution >= 4 is 39.2 Å². The van der Waals surface area contributed by atoms with E-state index in [-0.39, 0.29) is 11.3 Å². The number of hydrogen-bond acceptors (Lipinski definition) is 6. The minimum atomic E-state index is 0.00839. The van der Waals surface area contributed by atoms with Gasteiger partial charge in [0.1, 0.15) is 5.69 Å². The van der Waals surface area contributed by atoms with E-state index in [2.05, 4.69) is 10.3 Å². The van der Waals surface area contributed by atoms with Crippen molar-refractivity contribution in [3.63, 3.8) is 0 Å². The Kier molecular flexibility index (Phi) is 3.62. The number of rotatable bonds is 2. The van der Waals surface area contributed by atoms with Gasteiger partial charge in [0, 0.05) is 18.1 Å². The van der Waals surface area contributed by atoms with Crippen molar-refractivity contribution in [3.05, 3.63) is 11.1 Å². The molecule has 6 heteroatoms. The molecule has 1 spiro atoms. The molecule has 1 aliphatic heterocycles. The first-order valence-corrected chi connectivity index (χ1v) is 8.50. The summed E-state index contributed by atoms with van der Waals surface area (Å²) in [6.07, 6.45) is 6.36. The summed E-state index contributed by atoms with van der Waals surface area (Å²) < 4.78 is 0. The van der Waals surface area contributed by atoms with Crippen LogP contribution in [0, 0.1) is 0 Å². The highest BCUT2D eigenvalue weighted by molar-refractivity contribution is 8.14. The van der Waals surface area contributed by atoms with Crippen LogP contribution in [0.1, 0.15) is 49.5 Å². The quantitative estimate of drug-likeness (QED) is 0.848. The predicted molar refractivity (Wildman–Crippen MR) is 81.5 cm³/mol. The first-order valence-electron chi connectivity index (χ1n) is 6.63. The van der Waals surface area contributed by atoms with E-state index >= 15 is 0 Å². The predicted octanol–water partition coefficient (Wildman–Crippen LogP) is 3.56. The molecule has 1 N–H and O–H groups in total. The zero-order chi connectivity index (χ0) is 13.3. The lowest BCUT2D eigenvalue weighted by atomic mass is 9.84. The fourth-order valence-corrected chi connectivity index (χ4v) is 4.60. The molecule has 0 amide bonds. The second-order valence-corrected chi connectivity index (χ2v) is 7.03. The van der Waals surface area contributed by atoms with Crippen molar-refractivity contribution in [2.24, 2.45) is 4.99 Å². The Balaban J connectivity index is 1.69. The number of ketones is 1. The molecule has 1 fully saturated rings. The third-order valence-electron chi connectivity index (χ3n) is 3.68. The average Bonchev–Trinajstić information content (AvgIpc) is 2.99. The number of amidine groups is 1. The summed E-state index contributed by atoms with van der Waals surface area (Å²) in [5, 5.41) is 6.78. The van der Waals surface area contributed by atoms with Crippen molar-refractivity contribution in [1.29, 1.82) is 0 Å². The van der Waals surface area contributed by atoms with Gasteiger partial charge in [-0.25, -0.2) is 4.98 Å². The lowest BCUT2D eigenvalue weighted by molar-refractivity contribution is 0.101. The van der Waals surface area contributed by atoms with E-state index in [0.29, 0.717) is 5.69 Å². The second kappa shape index (κ2) is 5.25. The molecule has 0 unspecified atom stereocenters. The third-order valence-corrected chi connectivity index (χ3v) is 5.59. The van der Waals surface area contributed by atoms with Gasteiger partial charge in [-0.2, -0.15) is 0 Å². The van der Waals surface area contributed by atoms with Crippen LogP contribution in [0.25, 0.3) is 0 Å². The molecule has 1 saturated carbocycles. The Hall–Kier alpha value is -0.880. The zero-order valence-corrected chi connectivity index (χ0v) is 12.6. The molecule has 0 atom stereocenters. The third kappa shape index (κ3) is 2.84. The van der Waals surface area contributed by atoms with Gasteiger partial charge in [0.15, 0.2) is 16.1 Å². The Morgan fingerprint density at radius 2 is 2.16 bits per heavy atom. The highest BCUT2D eigenvalue weighted by atomic mass is 32.2. The monoisotopic (exact) mass is 295 g/mol. The van der Waals surface area contributed by atoms with Gasteiger partial charge in [0.25, 0.3) is 0 Å². The number of thiazole rings is 1. The molecule has 19 heavy (non-hydrogen) atoms. The van der Waals surface area contributed by atoms with Gasteiger partial charge in [0.2, 0.25) is 0 Å². The number of hydrogen-bond donors (Lipinski definition) is 1. The number of Topliss-reactive ketones (excluding diaryl/α,β-unsaturated/α-hetero) is 1. The van der Waals surface area contributed by atoms with E-state index in [4.69, 9.17) is 4.99 Å². The van der Waals surface area contributed by atoms with E-state index in [9.17, 15) is 4.79 Å². The van der Waals surface area contributed by atoms with Crippen molar-refractivity contribution in [2.45, 2.75) is 44.6 Å². The van der Waals surface area contributed by atoms with Gasteiger partial charge >= 0.3 is 0 Å². The Bertz CT molecular complexity index is 518. The van der Waals surface area contributed by atoms with Gasteiger partial charge in [-0.1, -0.05) is 31.0 Å². The summed E-state index contributed by atoms with van der Waals surface area (Å²) in [7, 11) is 0. The van der Waals surface area contributed by atoms with E-state index < -0.39 is 0 Å². The first kappa shape index (κ1) is 13.1. The first-order chi connectivity index (χ1) is 9.17. The van der Waals surface area contributed by atoms with Gasteiger partial charge in [-0.3, -0.25) is 9.79 Å².